The lowest BCUT2D eigenvalue weighted by atomic mass is 9.97. The molecule has 6 heteroatoms. The van der Waals surface area contributed by atoms with Gasteiger partial charge in [0.15, 0.2) is 5.13 Å². The average molecular weight is 311 g/mol. The maximum atomic E-state index is 11.3. The van der Waals surface area contributed by atoms with Crippen molar-refractivity contribution >= 4 is 22.4 Å². The molecule has 0 unspecified atom stereocenters. The predicted octanol–water partition coefficient (Wildman–Crippen LogP) is 2.57. The number of carboxylic acid groups (broad SMARTS) is 1. The van der Waals surface area contributed by atoms with Crippen molar-refractivity contribution < 1.29 is 9.90 Å². The molecule has 0 saturated carbocycles. The summed E-state index contributed by atoms with van der Waals surface area (Å²) in [6.07, 6.45) is 3.98. The zero-order valence-corrected chi connectivity index (χ0v) is 13.9. The highest BCUT2D eigenvalue weighted by Gasteiger charge is 2.24. The lowest BCUT2D eigenvalue weighted by Crippen LogP contribution is -2.37. The van der Waals surface area contributed by atoms with Crippen molar-refractivity contribution in [2.24, 2.45) is 5.92 Å². The van der Waals surface area contributed by atoms with Crippen LogP contribution in [-0.2, 0) is 6.42 Å². The van der Waals surface area contributed by atoms with E-state index in [-0.39, 0.29) is 0 Å². The number of thiazole rings is 1. The summed E-state index contributed by atoms with van der Waals surface area (Å²) >= 11 is 1.33. The van der Waals surface area contributed by atoms with Gasteiger partial charge in [0.05, 0.1) is 5.69 Å². The normalized spacial score (nSPS) is 16.7. The number of anilines is 1. The molecule has 21 heavy (non-hydrogen) atoms. The number of rotatable bonds is 6. The topological polar surface area (TPSA) is 56.7 Å². The van der Waals surface area contributed by atoms with Crippen LogP contribution in [0, 0.1) is 5.92 Å². The lowest BCUT2D eigenvalue weighted by molar-refractivity contribution is 0.0700. The van der Waals surface area contributed by atoms with Gasteiger partial charge in [0.2, 0.25) is 0 Å². The van der Waals surface area contributed by atoms with E-state index in [9.17, 15) is 9.90 Å². The van der Waals surface area contributed by atoms with Crippen LogP contribution in [0.2, 0.25) is 0 Å². The Morgan fingerprint density at radius 2 is 2.10 bits per heavy atom. The Balaban J connectivity index is 2.03. The molecule has 0 spiro atoms. The molecule has 0 amide bonds. The Hall–Kier alpha value is -1.14. The fourth-order valence-corrected chi connectivity index (χ4v) is 3.87. The molecule has 0 aliphatic carbocycles. The van der Waals surface area contributed by atoms with Gasteiger partial charge >= 0.3 is 5.97 Å². The summed E-state index contributed by atoms with van der Waals surface area (Å²) in [5.41, 5.74) is 0.750. The number of aryl methyl sites for hydroxylation is 1. The molecule has 0 radical (unpaired) electrons. The first-order valence-corrected chi connectivity index (χ1v) is 8.45. The van der Waals surface area contributed by atoms with Crippen LogP contribution in [0.3, 0.4) is 0 Å². The molecule has 1 fully saturated rings. The predicted molar refractivity (Wildman–Crippen MR) is 86.6 cm³/mol. The third-order valence-electron chi connectivity index (χ3n) is 3.88. The second kappa shape index (κ2) is 7.22. The molecule has 1 saturated heterocycles. The maximum Gasteiger partial charge on any atom is 0.347 e. The van der Waals surface area contributed by atoms with Gasteiger partial charge in [-0.3, -0.25) is 0 Å². The van der Waals surface area contributed by atoms with E-state index in [1.807, 2.05) is 0 Å². The second-order valence-corrected chi connectivity index (χ2v) is 7.00. The first kappa shape index (κ1) is 16.2. The third kappa shape index (κ3) is 4.17. The molecule has 1 aromatic rings. The number of aromatic nitrogens is 1. The molecule has 2 rings (SSSR count). The standard InChI is InChI=1S/C15H25N3O2S/c1-4-5-12-13(14(19)20)21-15(16-12)18-8-6-11(7-9-18)10-17(2)3/h11H,4-10H2,1-3H3,(H,19,20). The van der Waals surface area contributed by atoms with E-state index >= 15 is 0 Å². The van der Waals surface area contributed by atoms with Crippen LogP contribution in [0.15, 0.2) is 0 Å². The third-order valence-corrected chi connectivity index (χ3v) is 5.02. The van der Waals surface area contributed by atoms with Crippen LogP contribution < -0.4 is 4.90 Å². The fourth-order valence-electron chi connectivity index (χ4n) is 2.87. The van der Waals surface area contributed by atoms with Crippen LogP contribution in [0.1, 0.15) is 41.6 Å². The van der Waals surface area contributed by atoms with Gasteiger partial charge in [0.25, 0.3) is 0 Å². The van der Waals surface area contributed by atoms with Gasteiger partial charge in [-0.1, -0.05) is 24.7 Å². The highest BCUT2D eigenvalue weighted by molar-refractivity contribution is 7.17. The van der Waals surface area contributed by atoms with Crippen LogP contribution in [0.4, 0.5) is 5.13 Å². The summed E-state index contributed by atoms with van der Waals surface area (Å²) in [5, 5.41) is 10.2. The van der Waals surface area contributed by atoms with Crippen molar-refractivity contribution in [1.29, 1.82) is 0 Å². The van der Waals surface area contributed by atoms with E-state index in [2.05, 4.69) is 35.8 Å². The highest BCUT2D eigenvalue weighted by atomic mass is 32.1. The zero-order chi connectivity index (χ0) is 15.4. The van der Waals surface area contributed by atoms with E-state index in [0.717, 1.165) is 62.1 Å². The molecular formula is C15H25N3O2S. The number of carbonyl (C=O) groups is 1. The molecule has 5 nitrogen and oxygen atoms in total. The molecule has 1 aliphatic heterocycles. The van der Waals surface area contributed by atoms with Crippen LogP contribution in [0.25, 0.3) is 0 Å². The van der Waals surface area contributed by atoms with Crippen molar-refractivity contribution in [3.8, 4) is 0 Å². The maximum absolute atomic E-state index is 11.3. The molecule has 1 aromatic heterocycles. The van der Waals surface area contributed by atoms with Crippen molar-refractivity contribution in [3.63, 3.8) is 0 Å². The van der Waals surface area contributed by atoms with Crippen LogP contribution >= 0.6 is 11.3 Å². The Labute approximate surface area is 130 Å². The van der Waals surface area contributed by atoms with Crippen molar-refractivity contribution in [3.05, 3.63) is 10.6 Å². The second-order valence-electron chi connectivity index (χ2n) is 6.02. The zero-order valence-electron chi connectivity index (χ0n) is 13.1. The van der Waals surface area contributed by atoms with E-state index in [1.165, 1.54) is 11.3 Å². The summed E-state index contributed by atoms with van der Waals surface area (Å²) < 4.78 is 0. The van der Waals surface area contributed by atoms with Gasteiger partial charge in [-0.25, -0.2) is 9.78 Å². The van der Waals surface area contributed by atoms with E-state index in [0.29, 0.717) is 4.88 Å². The summed E-state index contributed by atoms with van der Waals surface area (Å²) in [6, 6.07) is 0. The Kier molecular flexibility index (Phi) is 5.58. The van der Waals surface area contributed by atoms with Crippen LogP contribution in [-0.4, -0.2) is 54.7 Å². The fraction of sp³-hybridized carbons (Fsp3) is 0.733. The minimum Gasteiger partial charge on any atom is -0.477 e. The molecule has 0 atom stereocenters. The van der Waals surface area contributed by atoms with Gasteiger partial charge in [-0.05, 0) is 39.3 Å². The van der Waals surface area contributed by atoms with Gasteiger partial charge in [0.1, 0.15) is 4.88 Å². The number of aromatic carboxylic acids is 1. The van der Waals surface area contributed by atoms with Gasteiger partial charge < -0.3 is 14.9 Å². The first-order chi connectivity index (χ1) is 10.0. The van der Waals surface area contributed by atoms with Crippen molar-refractivity contribution in [2.45, 2.75) is 32.6 Å². The van der Waals surface area contributed by atoms with Gasteiger partial charge in [0, 0.05) is 19.6 Å². The Bertz CT molecular complexity index is 479. The molecule has 118 valence electrons. The molecule has 1 N–H and O–H groups in total. The van der Waals surface area contributed by atoms with Gasteiger partial charge in [-0.15, -0.1) is 0 Å². The molecule has 0 aromatic carbocycles. The van der Waals surface area contributed by atoms with E-state index in [1.54, 1.807) is 0 Å². The summed E-state index contributed by atoms with van der Waals surface area (Å²) in [6.45, 7) is 5.15. The smallest absolute Gasteiger partial charge is 0.347 e. The molecular weight excluding hydrogens is 286 g/mol. The monoisotopic (exact) mass is 311 g/mol. The molecule has 1 aliphatic rings. The minimum atomic E-state index is -0.843. The number of nitrogens with zero attached hydrogens (tertiary/aromatic N) is 3. The average Bonchev–Trinajstić information content (AvgIpc) is 2.83. The SMILES string of the molecule is CCCc1nc(N2CCC(CN(C)C)CC2)sc1C(=O)O. The van der Waals surface area contributed by atoms with Crippen molar-refractivity contribution in [2.75, 3.05) is 38.6 Å². The first-order valence-electron chi connectivity index (χ1n) is 7.64. The summed E-state index contributed by atoms with van der Waals surface area (Å²) in [7, 11) is 4.23. The molecule has 0 bridgehead atoms. The Morgan fingerprint density at radius 1 is 1.43 bits per heavy atom. The number of hydrogen-bond acceptors (Lipinski definition) is 5. The minimum absolute atomic E-state index is 0.419. The largest absolute Gasteiger partial charge is 0.477 e. The Morgan fingerprint density at radius 3 is 2.62 bits per heavy atom. The number of carboxylic acids is 1. The van der Waals surface area contributed by atoms with E-state index in [4.69, 9.17) is 0 Å². The number of piperidine rings is 1. The van der Waals surface area contributed by atoms with Crippen LogP contribution in [0.5, 0.6) is 0 Å². The van der Waals surface area contributed by atoms with Gasteiger partial charge in [-0.2, -0.15) is 0 Å². The quantitative estimate of drug-likeness (QED) is 0.875. The van der Waals surface area contributed by atoms with E-state index < -0.39 is 5.97 Å². The van der Waals surface area contributed by atoms with Crippen molar-refractivity contribution in [1.82, 2.24) is 9.88 Å². The summed E-state index contributed by atoms with van der Waals surface area (Å²) in [5.74, 6) is -0.102. The molecule has 2 heterocycles. The lowest BCUT2D eigenvalue weighted by Gasteiger charge is -2.33. The number of hydrogen-bond donors (Lipinski definition) is 1. The highest BCUT2D eigenvalue weighted by Crippen LogP contribution is 2.30. The summed E-state index contributed by atoms with van der Waals surface area (Å²) in [4.78, 5) is 20.8.